The summed E-state index contributed by atoms with van der Waals surface area (Å²) < 4.78 is 11.2. The molecule has 1 aliphatic heterocycles. The molecule has 7 atom stereocenters. The maximum atomic E-state index is 12.8. The third-order valence-electron chi connectivity index (χ3n) is 7.46. The van der Waals surface area contributed by atoms with Gasteiger partial charge in [-0.05, 0) is 59.8 Å². The van der Waals surface area contributed by atoms with Crippen molar-refractivity contribution in [1.29, 1.82) is 0 Å². The minimum absolute atomic E-state index is 0.00269. The molecule has 0 unspecified atom stereocenters. The standard InChI is InChI=1S/C33H49NO5/c1-22-13-12-15-28(35)38-30(25(4)29(36)26(5)34-31(37)39-32(6,7)8)24(3)17-16-23(2)21-27-14-10-11-19-33(27,9)20-18-22/h10,12-18,20-21,24-27,29-30,36H,11,19H2,1-9H3,(H,34,37)/b15-12-,17-16-,20-18-,22-13-,23-21-/t24-,25-,26-,27-,29+,30-,33+/m1/s1. The number of carbonyl (C=O) groups is 2. The predicted molar refractivity (Wildman–Crippen MR) is 158 cm³/mol. The van der Waals surface area contributed by atoms with Crippen molar-refractivity contribution < 1.29 is 24.2 Å². The number of carbonyl (C=O) groups excluding carboxylic acids is 2. The number of allylic oxidation sites excluding steroid dienone is 10. The van der Waals surface area contributed by atoms with Crippen LogP contribution in [0.1, 0.15) is 75.2 Å². The number of amides is 1. The molecule has 0 aromatic rings. The van der Waals surface area contributed by atoms with Gasteiger partial charge in [0, 0.05) is 23.8 Å². The molecular weight excluding hydrogens is 490 g/mol. The third kappa shape index (κ3) is 10.3. The van der Waals surface area contributed by atoms with Crippen molar-refractivity contribution in [2.75, 3.05) is 0 Å². The topological polar surface area (TPSA) is 84.9 Å². The molecular formula is C33H49NO5. The number of esters is 1. The summed E-state index contributed by atoms with van der Waals surface area (Å²) in [7, 11) is 0. The second-order valence-electron chi connectivity index (χ2n) is 12.4. The first-order valence-electron chi connectivity index (χ1n) is 14.1. The number of fused-ring (bicyclic) bond motifs is 1. The van der Waals surface area contributed by atoms with Gasteiger partial charge >= 0.3 is 12.1 Å². The zero-order valence-corrected chi connectivity index (χ0v) is 25.2. The maximum Gasteiger partial charge on any atom is 0.407 e. The van der Waals surface area contributed by atoms with E-state index in [1.54, 1.807) is 33.8 Å². The highest BCUT2D eigenvalue weighted by molar-refractivity contribution is 5.82. The van der Waals surface area contributed by atoms with Gasteiger partial charge in [0.2, 0.25) is 0 Å². The van der Waals surface area contributed by atoms with Gasteiger partial charge in [-0.1, -0.05) is 86.6 Å². The molecule has 0 aromatic heterocycles. The summed E-state index contributed by atoms with van der Waals surface area (Å²) in [5.41, 5.74) is 1.51. The number of hydrogen-bond donors (Lipinski definition) is 2. The first-order chi connectivity index (χ1) is 18.1. The molecule has 6 heteroatoms. The molecule has 1 amide bonds. The first kappa shape index (κ1) is 32.4. The predicted octanol–water partition coefficient (Wildman–Crippen LogP) is 6.99. The number of cyclic esters (lactones) is 1. The lowest BCUT2D eigenvalue weighted by Gasteiger charge is -2.35. The van der Waals surface area contributed by atoms with Crippen LogP contribution in [0.4, 0.5) is 4.79 Å². The van der Waals surface area contributed by atoms with Gasteiger partial charge in [0.1, 0.15) is 11.7 Å². The fourth-order valence-electron chi connectivity index (χ4n) is 4.97. The minimum atomic E-state index is -0.974. The Bertz CT molecular complexity index is 1040. The molecule has 2 N–H and O–H groups in total. The first-order valence-corrected chi connectivity index (χ1v) is 14.1. The minimum Gasteiger partial charge on any atom is -0.458 e. The van der Waals surface area contributed by atoms with Crippen LogP contribution in [0, 0.1) is 23.2 Å². The lowest BCUT2D eigenvalue weighted by Crippen LogP contribution is -2.49. The van der Waals surface area contributed by atoms with Crippen LogP contribution in [0.15, 0.2) is 71.9 Å². The Balaban J connectivity index is 2.36. The highest BCUT2D eigenvalue weighted by atomic mass is 16.6. The average molecular weight is 540 g/mol. The summed E-state index contributed by atoms with van der Waals surface area (Å²) in [5, 5.41) is 13.8. The van der Waals surface area contributed by atoms with Gasteiger partial charge in [-0.25, -0.2) is 9.59 Å². The number of aliphatic hydroxyl groups excluding tert-OH is 1. The van der Waals surface area contributed by atoms with E-state index in [1.165, 1.54) is 6.08 Å². The Morgan fingerprint density at radius 1 is 1.15 bits per heavy atom. The Kier molecular flexibility index (Phi) is 11.6. The Labute approximate surface area is 235 Å². The summed E-state index contributed by atoms with van der Waals surface area (Å²) >= 11 is 0. The molecule has 0 bridgehead atoms. The van der Waals surface area contributed by atoms with Crippen LogP contribution in [-0.2, 0) is 14.3 Å². The van der Waals surface area contributed by atoms with Gasteiger partial charge in [-0.3, -0.25) is 0 Å². The lowest BCUT2D eigenvalue weighted by molar-refractivity contribution is -0.150. The van der Waals surface area contributed by atoms with Crippen molar-refractivity contribution >= 4 is 12.1 Å². The van der Waals surface area contributed by atoms with E-state index in [-0.39, 0.29) is 17.3 Å². The molecule has 0 saturated heterocycles. The number of hydrogen-bond acceptors (Lipinski definition) is 5. The highest BCUT2D eigenvalue weighted by Gasteiger charge is 2.35. The summed E-state index contributed by atoms with van der Waals surface area (Å²) in [4.78, 5) is 25.1. The molecule has 6 nitrogen and oxygen atoms in total. The van der Waals surface area contributed by atoms with Gasteiger partial charge in [0.25, 0.3) is 0 Å². The Hall–Kier alpha value is -2.86. The van der Waals surface area contributed by atoms with E-state index < -0.39 is 41.8 Å². The summed E-state index contributed by atoms with van der Waals surface area (Å²) in [6.45, 7) is 17.3. The maximum absolute atomic E-state index is 12.8. The largest absolute Gasteiger partial charge is 0.458 e. The molecule has 0 aromatic carbocycles. The summed E-state index contributed by atoms with van der Waals surface area (Å²) in [6, 6.07) is -0.615. The normalized spacial score (nSPS) is 34.0. The fraction of sp³-hybridized carbons (Fsp3) is 0.576. The fourth-order valence-corrected chi connectivity index (χ4v) is 4.97. The van der Waals surface area contributed by atoms with Crippen molar-refractivity contribution in [3.8, 4) is 0 Å². The van der Waals surface area contributed by atoms with E-state index in [0.29, 0.717) is 0 Å². The monoisotopic (exact) mass is 539 g/mol. The van der Waals surface area contributed by atoms with Gasteiger partial charge in [0.05, 0.1) is 12.1 Å². The Morgan fingerprint density at radius 2 is 1.85 bits per heavy atom. The summed E-state index contributed by atoms with van der Waals surface area (Å²) in [5.74, 6) is -0.876. The van der Waals surface area contributed by atoms with E-state index in [9.17, 15) is 14.7 Å². The van der Waals surface area contributed by atoms with E-state index in [1.807, 2.05) is 32.9 Å². The quantitative estimate of drug-likeness (QED) is 0.297. The zero-order valence-electron chi connectivity index (χ0n) is 25.2. The number of aliphatic hydroxyl groups is 1. The van der Waals surface area contributed by atoms with Crippen LogP contribution in [-0.4, -0.2) is 41.0 Å². The van der Waals surface area contributed by atoms with Crippen molar-refractivity contribution in [2.45, 2.75) is 99.0 Å². The van der Waals surface area contributed by atoms with Crippen LogP contribution in [0.5, 0.6) is 0 Å². The van der Waals surface area contributed by atoms with Crippen molar-refractivity contribution in [3.63, 3.8) is 0 Å². The van der Waals surface area contributed by atoms with Crippen molar-refractivity contribution in [2.24, 2.45) is 23.2 Å². The molecule has 0 fully saturated rings. The van der Waals surface area contributed by atoms with Crippen LogP contribution >= 0.6 is 0 Å². The third-order valence-corrected chi connectivity index (χ3v) is 7.46. The van der Waals surface area contributed by atoms with Crippen LogP contribution in [0.25, 0.3) is 0 Å². The van der Waals surface area contributed by atoms with Gasteiger partial charge in [-0.2, -0.15) is 0 Å². The molecule has 1 heterocycles. The average Bonchev–Trinajstić information content (AvgIpc) is 2.83. The second kappa shape index (κ2) is 14.0. The van der Waals surface area contributed by atoms with Crippen LogP contribution < -0.4 is 5.32 Å². The molecule has 0 spiro atoms. The highest BCUT2D eigenvalue weighted by Crippen LogP contribution is 2.40. The molecule has 0 saturated carbocycles. The number of nitrogens with one attached hydrogen (secondary N) is 1. The van der Waals surface area contributed by atoms with Crippen molar-refractivity contribution in [1.82, 2.24) is 5.32 Å². The zero-order chi connectivity index (χ0) is 29.4. The molecule has 39 heavy (non-hydrogen) atoms. The van der Waals surface area contributed by atoms with E-state index in [4.69, 9.17) is 9.47 Å². The van der Waals surface area contributed by atoms with E-state index in [0.717, 1.165) is 24.0 Å². The van der Waals surface area contributed by atoms with Crippen molar-refractivity contribution in [3.05, 3.63) is 71.9 Å². The number of rotatable bonds is 4. The van der Waals surface area contributed by atoms with Gasteiger partial charge in [0.15, 0.2) is 0 Å². The molecule has 1 aliphatic carbocycles. The van der Waals surface area contributed by atoms with Crippen LogP contribution in [0.2, 0.25) is 0 Å². The molecule has 0 radical (unpaired) electrons. The summed E-state index contributed by atoms with van der Waals surface area (Å²) in [6.07, 6.45) is 20.2. The SMILES string of the molecule is CC1=C/C=C\C(=O)O[C@@H]([C@H](C)[C@H](O)[C@@H](C)NC(=O)OC(C)(C)C)[C@H](C)/C=C\C(C)=C/[C@H]2C=CCC[C@@]2(C)/C=C\1. The van der Waals surface area contributed by atoms with Crippen LogP contribution in [0.3, 0.4) is 0 Å². The number of alkyl carbamates (subject to hydrolysis) is 1. The Morgan fingerprint density at radius 3 is 2.51 bits per heavy atom. The molecule has 2 rings (SSSR count). The van der Waals surface area contributed by atoms with E-state index in [2.05, 4.69) is 55.6 Å². The van der Waals surface area contributed by atoms with Gasteiger partial charge in [-0.15, -0.1) is 0 Å². The lowest BCUT2D eigenvalue weighted by atomic mass is 9.69. The molecule has 2 aliphatic rings. The van der Waals surface area contributed by atoms with Gasteiger partial charge < -0.3 is 19.9 Å². The molecule has 216 valence electrons. The second-order valence-corrected chi connectivity index (χ2v) is 12.4. The van der Waals surface area contributed by atoms with E-state index >= 15 is 0 Å². The smallest absolute Gasteiger partial charge is 0.407 e. The number of ether oxygens (including phenoxy) is 2.